The zero-order chi connectivity index (χ0) is 52.1. The van der Waals surface area contributed by atoms with E-state index in [0.717, 1.165) is 38.5 Å². The van der Waals surface area contributed by atoms with Crippen molar-refractivity contribution in [3.63, 3.8) is 0 Å². The Kier molecular flexibility index (Phi) is 34.1. The van der Waals surface area contributed by atoms with Gasteiger partial charge in [-0.15, -0.1) is 13.2 Å². The van der Waals surface area contributed by atoms with Crippen molar-refractivity contribution in [1.29, 1.82) is 0 Å². The second-order valence-electron chi connectivity index (χ2n) is 18.3. The van der Waals surface area contributed by atoms with E-state index in [-0.39, 0.29) is 43.9 Å². The number of amides is 1. The second-order valence-corrected chi connectivity index (χ2v) is 22.3. The smallest absolute Gasteiger partial charge is 0.462 e. The first kappa shape index (κ1) is 63.5. The molecule has 0 radical (unpaired) electrons. The highest BCUT2D eigenvalue weighted by molar-refractivity contribution is 7.49. The fraction of sp³-hybridized carbons (Fsp3) is 0.673. The maximum absolute atomic E-state index is 15.1. The number of benzene rings is 2. The number of carbonyl (C=O) groups is 2. The van der Waals surface area contributed by atoms with E-state index < -0.39 is 61.1 Å². The Morgan fingerprint density at radius 1 is 0.694 bits per heavy atom. The van der Waals surface area contributed by atoms with Crippen LogP contribution >= 0.6 is 42.6 Å². The number of carbonyl (C=O) groups excluding carboxylic acids is 2. The molecule has 0 bridgehead atoms. The van der Waals surface area contributed by atoms with Gasteiger partial charge in [0.05, 0.1) is 26.4 Å². The average Bonchev–Trinajstić information content (AvgIpc) is 3.35. The Bertz CT molecular complexity index is 1730. The molecule has 0 aliphatic carbocycles. The number of hydrogen-bond donors (Lipinski definition) is 1. The molecule has 1 amide bonds. The molecule has 72 heavy (non-hydrogen) atoms. The molecule has 1 aliphatic heterocycles. The molecular formula is C55H85Cl3NO12P. The van der Waals surface area contributed by atoms with E-state index in [0.29, 0.717) is 19.3 Å². The van der Waals surface area contributed by atoms with Crippen LogP contribution < -0.4 is 14.4 Å². The highest BCUT2D eigenvalue weighted by Gasteiger charge is 2.53. The van der Waals surface area contributed by atoms with Gasteiger partial charge >= 0.3 is 19.9 Å². The van der Waals surface area contributed by atoms with Gasteiger partial charge in [-0.25, -0.2) is 9.36 Å². The van der Waals surface area contributed by atoms with E-state index >= 15 is 4.57 Å². The molecule has 1 saturated heterocycles. The molecule has 0 spiro atoms. The standard InChI is InChI=1S/C55H85Cl3NO12P/c1-5-9-11-13-15-17-18-20-22-24-32-38-49(60)67-45(33-27-23-21-19-16-14-12-10-6-2)39-42-64-52-50(59-54(61)66-44-55(56,57)58)53(65-41-8-4)68-48(43-63-40-7-3)51(52)71-72(62,69-46-34-28-25-29-35-46)70-47-36-30-26-31-37-47/h7-8,25-26,28-31,34-37,45,48,50-53H,3-6,9-24,27,32-33,38-44H2,1-2H3,(H,59,61)/t45-,48+,50-,51+,52+,53-/m0/s1. The lowest BCUT2D eigenvalue weighted by atomic mass is 9.96. The van der Waals surface area contributed by atoms with E-state index in [2.05, 4.69) is 32.3 Å². The van der Waals surface area contributed by atoms with Crippen LogP contribution in [0.3, 0.4) is 0 Å². The summed E-state index contributed by atoms with van der Waals surface area (Å²) in [6, 6.07) is 15.6. The van der Waals surface area contributed by atoms with Crippen molar-refractivity contribution in [2.24, 2.45) is 0 Å². The van der Waals surface area contributed by atoms with Crippen molar-refractivity contribution in [3.8, 4) is 11.5 Å². The molecule has 1 heterocycles. The molecule has 13 nitrogen and oxygen atoms in total. The fourth-order valence-corrected chi connectivity index (χ4v) is 9.91. The number of phosphoric acid groups is 1. The monoisotopic (exact) mass is 1090 g/mol. The van der Waals surface area contributed by atoms with Crippen LogP contribution in [0, 0.1) is 0 Å². The molecule has 0 unspecified atom stereocenters. The summed E-state index contributed by atoms with van der Waals surface area (Å²) in [5, 5.41) is 2.76. The summed E-state index contributed by atoms with van der Waals surface area (Å²) in [4.78, 5) is 27.0. The Morgan fingerprint density at radius 2 is 1.21 bits per heavy atom. The number of ether oxygens (including phenoxy) is 6. The van der Waals surface area contributed by atoms with Crippen LogP contribution in [0.15, 0.2) is 86.0 Å². The van der Waals surface area contributed by atoms with Gasteiger partial charge in [-0.05, 0) is 43.5 Å². The van der Waals surface area contributed by atoms with Gasteiger partial charge in [-0.1, -0.05) is 213 Å². The summed E-state index contributed by atoms with van der Waals surface area (Å²) >= 11 is 17.9. The van der Waals surface area contributed by atoms with Crippen molar-refractivity contribution < 1.29 is 56.1 Å². The zero-order valence-corrected chi connectivity index (χ0v) is 46.2. The molecule has 3 rings (SSSR count). The summed E-state index contributed by atoms with van der Waals surface area (Å²) in [5.41, 5.74) is 0. The van der Waals surface area contributed by atoms with Crippen LogP contribution in [-0.2, 0) is 42.3 Å². The Labute approximate surface area is 446 Å². The molecular weight excluding hydrogens is 1000 g/mol. The number of phosphoric ester groups is 1. The van der Waals surface area contributed by atoms with E-state index in [9.17, 15) is 9.59 Å². The summed E-state index contributed by atoms with van der Waals surface area (Å²) in [7, 11) is -4.67. The molecule has 6 atom stereocenters. The zero-order valence-electron chi connectivity index (χ0n) is 43.1. The van der Waals surface area contributed by atoms with E-state index in [4.69, 9.17) is 76.8 Å². The predicted molar refractivity (Wildman–Crippen MR) is 288 cm³/mol. The largest absolute Gasteiger partial charge is 0.588 e. The van der Waals surface area contributed by atoms with Gasteiger partial charge in [0.25, 0.3) is 0 Å². The minimum absolute atomic E-state index is 0.00246. The third-order valence-corrected chi connectivity index (χ3v) is 13.7. The number of alkyl halides is 3. The Morgan fingerprint density at radius 3 is 1.72 bits per heavy atom. The number of halogens is 3. The number of hydrogen-bond acceptors (Lipinski definition) is 12. The summed E-state index contributed by atoms with van der Waals surface area (Å²) in [5.74, 6) is 0.138. The minimum Gasteiger partial charge on any atom is -0.462 e. The molecule has 1 fully saturated rings. The Balaban J connectivity index is 1.92. The third-order valence-electron chi connectivity index (χ3n) is 12.0. The molecule has 2 aromatic carbocycles. The van der Waals surface area contributed by atoms with E-state index in [1.54, 1.807) is 66.7 Å². The number of alkyl carbamates (subject to hydrolysis) is 1. The molecule has 2 aromatic rings. The van der Waals surface area contributed by atoms with Gasteiger partial charge in [-0.3, -0.25) is 9.32 Å². The van der Waals surface area contributed by atoms with E-state index in [1.165, 1.54) is 96.0 Å². The Hall–Kier alpha value is -2.84. The van der Waals surface area contributed by atoms with Crippen LogP contribution in [0.5, 0.6) is 11.5 Å². The number of nitrogens with one attached hydrogen (secondary N) is 1. The van der Waals surface area contributed by atoms with Crippen molar-refractivity contribution in [1.82, 2.24) is 5.32 Å². The maximum Gasteiger partial charge on any atom is 0.588 e. The number of esters is 1. The lowest BCUT2D eigenvalue weighted by Crippen LogP contribution is -2.66. The number of unbranched alkanes of at least 4 members (excludes halogenated alkanes) is 18. The first-order chi connectivity index (χ1) is 34.9. The normalized spacial score (nSPS) is 18.5. The van der Waals surface area contributed by atoms with Crippen molar-refractivity contribution in [2.45, 2.75) is 202 Å². The van der Waals surface area contributed by atoms with Crippen LogP contribution in [0.4, 0.5) is 4.79 Å². The van der Waals surface area contributed by atoms with Crippen molar-refractivity contribution >= 4 is 54.7 Å². The van der Waals surface area contributed by atoms with Gasteiger partial charge in [0.15, 0.2) is 6.29 Å². The summed E-state index contributed by atoms with van der Waals surface area (Å²) in [6.45, 7) is 11.4. The molecule has 408 valence electrons. The summed E-state index contributed by atoms with van der Waals surface area (Å²) in [6.07, 6.45) is 21.3. The topological polar surface area (TPSA) is 146 Å². The minimum atomic E-state index is -4.67. The molecule has 1 aliphatic rings. The van der Waals surface area contributed by atoms with Gasteiger partial charge < -0.3 is 42.8 Å². The van der Waals surface area contributed by atoms with Crippen LogP contribution in [0.1, 0.15) is 162 Å². The summed E-state index contributed by atoms with van der Waals surface area (Å²) < 4.78 is 68.6. The molecule has 0 saturated carbocycles. The molecule has 0 aromatic heterocycles. The van der Waals surface area contributed by atoms with Gasteiger partial charge in [0.2, 0.25) is 3.79 Å². The molecule has 1 N–H and O–H groups in total. The SMILES string of the molecule is C=CCOC[C@H]1O[C@H](OCC=C)[C@@H](NC(=O)OCC(Cl)(Cl)Cl)[C@@H](OCC[C@H](CCCCCCCCCCC)OC(=O)CCCCCCCCCCCCC)[C@@H]1OP(=O)(Oc1ccccc1)Oc1ccccc1. The quantitative estimate of drug-likeness (QED) is 0.0222. The highest BCUT2D eigenvalue weighted by Crippen LogP contribution is 2.52. The van der Waals surface area contributed by atoms with Crippen LogP contribution in [-0.4, -0.2) is 85.6 Å². The number of para-hydroxylation sites is 2. The predicted octanol–water partition coefficient (Wildman–Crippen LogP) is 15.5. The second kappa shape index (κ2) is 38.7. The number of rotatable bonds is 42. The third kappa shape index (κ3) is 28.7. The van der Waals surface area contributed by atoms with Crippen LogP contribution in [0.25, 0.3) is 0 Å². The fourth-order valence-electron chi connectivity index (χ4n) is 8.30. The van der Waals surface area contributed by atoms with E-state index in [1.807, 2.05) is 0 Å². The first-order valence-corrected chi connectivity index (χ1v) is 29.1. The van der Waals surface area contributed by atoms with Gasteiger partial charge in [0, 0.05) is 12.8 Å². The maximum atomic E-state index is 15.1. The lowest BCUT2D eigenvalue weighted by molar-refractivity contribution is -0.272. The highest BCUT2D eigenvalue weighted by atomic mass is 35.6. The van der Waals surface area contributed by atoms with Crippen molar-refractivity contribution in [3.05, 3.63) is 86.0 Å². The van der Waals surface area contributed by atoms with Gasteiger partial charge in [0.1, 0.15) is 48.6 Å². The van der Waals surface area contributed by atoms with Crippen molar-refractivity contribution in [2.75, 3.05) is 33.0 Å². The lowest BCUT2D eigenvalue weighted by Gasteiger charge is -2.46. The molecule has 17 heteroatoms. The first-order valence-electron chi connectivity index (χ1n) is 26.6. The average molecular weight is 1090 g/mol. The van der Waals surface area contributed by atoms with Gasteiger partial charge in [-0.2, -0.15) is 0 Å². The van der Waals surface area contributed by atoms with Crippen LogP contribution in [0.2, 0.25) is 0 Å².